The van der Waals surface area contributed by atoms with Gasteiger partial charge in [0.25, 0.3) is 0 Å². The molecule has 0 atom stereocenters. The number of rotatable bonds is 6. The van der Waals surface area contributed by atoms with E-state index in [2.05, 4.69) is 13.8 Å². The Morgan fingerprint density at radius 3 is 2.21 bits per heavy atom. The highest BCUT2D eigenvalue weighted by Crippen LogP contribution is 2.44. The Morgan fingerprint density at radius 1 is 1.32 bits per heavy atom. The lowest BCUT2D eigenvalue weighted by atomic mass is 9.66. The van der Waals surface area contributed by atoms with Crippen molar-refractivity contribution in [2.75, 3.05) is 12.0 Å². The molecule has 19 heavy (non-hydrogen) atoms. The van der Waals surface area contributed by atoms with Crippen molar-refractivity contribution in [3.8, 4) is 0 Å². The van der Waals surface area contributed by atoms with Crippen LogP contribution in [0.3, 0.4) is 0 Å². The van der Waals surface area contributed by atoms with Crippen molar-refractivity contribution in [3.05, 3.63) is 0 Å². The first-order valence-electron chi connectivity index (χ1n) is 7.07. The van der Waals surface area contributed by atoms with Crippen LogP contribution < -0.4 is 0 Å². The van der Waals surface area contributed by atoms with E-state index in [1.165, 1.54) is 6.26 Å². The summed E-state index contributed by atoms with van der Waals surface area (Å²) in [5, 5.41) is 9.49. The van der Waals surface area contributed by atoms with E-state index in [1.54, 1.807) is 0 Å². The molecule has 112 valence electrons. The standard InChI is InChI=1S/C14H26O4S/c1-11(2)12-5-8-14(9-6-12,13(15)16)7-4-10-19(3,17)18/h11-12H,4-10H2,1-3H3,(H,15,16). The van der Waals surface area contributed by atoms with Crippen molar-refractivity contribution in [3.63, 3.8) is 0 Å². The molecule has 0 saturated heterocycles. The van der Waals surface area contributed by atoms with Crippen LogP contribution in [0.5, 0.6) is 0 Å². The SMILES string of the molecule is CC(C)C1CCC(CCCS(C)(=O)=O)(C(=O)O)CC1. The van der Waals surface area contributed by atoms with E-state index in [-0.39, 0.29) is 5.75 Å². The molecule has 0 aromatic rings. The van der Waals surface area contributed by atoms with Gasteiger partial charge in [-0.05, 0) is 50.4 Å². The lowest BCUT2D eigenvalue weighted by molar-refractivity contribution is -0.152. The number of carbonyl (C=O) groups is 1. The van der Waals surface area contributed by atoms with Crippen LogP contribution >= 0.6 is 0 Å². The first-order chi connectivity index (χ1) is 8.66. The zero-order valence-corrected chi connectivity index (χ0v) is 13.0. The van der Waals surface area contributed by atoms with Gasteiger partial charge in [0.15, 0.2) is 0 Å². The van der Waals surface area contributed by atoms with E-state index in [0.29, 0.717) is 37.5 Å². The number of sulfone groups is 1. The fourth-order valence-corrected chi connectivity index (χ4v) is 3.77. The van der Waals surface area contributed by atoms with E-state index < -0.39 is 21.2 Å². The molecule has 0 amide bonds. The van der Waals surface area contributed by atoms with Crippen LogP contribution in [0.1, 0.15) is 52.4 Å². The Hall–Kier alpha value is -0.580. The van der Waals surface area contributed by atoms with Gasteiger partial charge in [-0.3, -0.25) is 4.79 Å². The highest BCUT2D eigenvalue weighted by Gasteiger charge is 2.41. The Bertz CT molecular complexity index is 403. The van der Waals surface area contributed by atoms with Gasteiger partial charge in [0.1, 0.15) is 9.84 Å². The summed E-state index contributed by atoms with van der Waals surface area (Å²) in [6.45, 7) is 4.37. The van der Waals surface area contributed by atoms with Gasteiger partial charge in [0, 0.05) is 12.0 Å². The summed E-state index contributed by atoms with van der Waals surface area (Å²) in [6, 6.07) is 0. The molecule has 0 heterocycles. The fraction of sp³-hybridized carbons (Fsp3) is 0.929. The monoisotopic (exact) mass is 290 g/mol. The molecule has 0 radical (unpaired) electrons. The quantitative estimate of drug-likeness (QED) is 0.816. The zero-order valence-electron chi connectivity index (χ0n) is 12.2. The smallest absolute Gasteiger partial charge is 0.309 e. The molecule has 1 N–H and O–H groups in total. The summed E-state index contributed by atoms with van der Waals surface area (Å²) < 4.78 is 22.3. The minimum Gasteiger partial charge on any atom is -0.481 e. The van der Waals surface area contributed by atoms with Gasteiger partial charge in [-0.25, -0.2) is 8.42 Å². The first-order valence-corrected chi connectivity index (χ1v) is 9.13. The lowest BCUT2D eigenvalue weighted by Gasteiger charge is -2.38. The summed E-state index contributed by atoms with van der Waals surface area (Å²) >= 11 is 0. The molecular formula is C14H26O4S. The molecule has 1 aliphatic rings. The van der Waals surface area contributed by atoms with Crippen LogP contribution in [0, 0.1) is 17.3 Å². The van der Waals surface area contributed by atoms with Gasteiger partial charge in [-0.2, -0.15) is 0 Å². The molecule has 1 saturated carbocycles. The number of carboxylic acid groups (broad SMARTS) is 1. The average molecular weight is 290 g/mol. The number of carboxylic acids is 1. The molecule has 0 spiro atoms. The normalized spacial score (nSPS) is 28.5. The third-order valence-electron chi connectivity index (χ3n) is 4.55. The van der Waals surface area contributed by atoms with Gasteiger partial charge in [0.2, 0.25) is 0 Å². The van der Waals surface area contributed by atoms with Gasteiger partial charge < -0.3 is 5.11 Å². The first kappa shape index (κ1) is 16.5. The lowest BCUT2D eigenvalue weighted by Crippen LogP contribution is -2.36. The zero-order chi connectivity index (χ0) is 14.7. The highest BCUT2D eigenvalue weighted by molar-refractivity contribution is 7.90. The summed E-state index contributed by atoms with van der Waals surface area (Å²) in [5.41, 5.74) is -0.684. The maximum atomic E-state index is 11.6. The second-order valence-electron chi connectivity index (χ2n) is 6.40. The third kappa shape index (κ3) is 4.79. The molecule has 0 unspecified atom stereocenters. The molecule has 4 nitrogen and oxygen atoms in total. The second kappa shape index (κ2) is 6.25. The van der Waals surface area contributed by atoms with Gasteiger partial charge in [0.05, 0.1) is 5.41 Å². The maximum Gasteiger partial charge on any atom is 0.309 e. The van der Waals surface area contributed by atoms with E-state index in [9.17, 15) is 18.3 Å². The van der Waals surface area contributed by atoms with E-state index in [4.69, 9.17) is 0 Å². The topological polar surface area (TPSA) is 71.4 Å². The Morgan fingerprint density at radius 2 is 1.84 bits per heavy atom. The van der Waals surface area contributed by atoms with Crippen molar-refractivity contribution in [2.45, 2.75) is 52.4 Å². The third-order valence-corrected chi connectivity index (χ3v) is 5.58. The van der Waals surface area contributed by atoms with Crippen molar-refractivity contribution >= 4 is 15.8 Å². The molecule has 0 aromatic heterocycles. The van der Waals surface area contributed by atoms with Gasteiger partial charge >= 0.3 is 5.97 Å². The molecule has 0 aromatic carbocycles. The van der Waals surface area contributed by atoms with Crippen LogP contribution in [0.2, 0.25) is 0 Å². The van der Waals surface area contributed by atoms with Crippen molar-refractivity contribution < 1.29 is 18.3 Å². The minimum atomic E-state index is -2.99. The molecule has 5 heteroatoms. The van der Waals surface area contributed by atoms with Crippen molar-refractivity contribution in [1.29, 1.82) is 0 Å². The predicted molar refractivity (Wildman–Crippen MR) is 75.8 cm³/mol. The summed E-state index contributed by atoms with van der Waals surface area (Å²) in [5.74, 6) is 0.559. The fourth-order valence-electron chi connectivity index (χ4n) is 3.10. The summed E-state index contributed by atoms with van der Waals surface area (Å²) in [4.78, 5) is 11.6. The van der Waals surface area contributed by atoms with Gasteiger partial charge in [-0.1, -0.05) is 13.8 Å². The van der Waals surface area contributed by atoms with Crippen LogP contribution in [0.15, 0.2) is 0 Å². The van der Waals surface area contributed by atoms with Crippen molar-refractivity contribution in [1.82, 2.24) is 0 Å². The highest BCUT2D eigenvalue weighted by atomic mass is 32.2. The second-order valence-corrected chi connectivity index (χ2v) is 8.66. The minimum absolute atomic E-state index is 0.0929. The largest absolute Gasteiger partial charge is 0.481 e. The number of hydrogen-bond acceptors (Lipinski definition) is 3. The van der Waals surface area contributed by atoms with Gasteiger partial charge in [-0.15, -0.1) is 0 Å². The van der Waals surface area contributed by atoms with Crippen LogP contribution in [0.25, 0.3) is 0 Å². The molecule has 1 rings (SSSR count). The van der Waals surface area contributed by atoms with Crippen LogP contribution in [-0.2, 0) is 14.6 Å². The van der Waals surface area contributed by atoms with E-state index in [1.807, 2.05) is 0 Å². The molecular weight excluding hydrogens is 264 g/mol. The van der Waals surface area contributed by atoms with Crippen LogP contribution in [0.4, 0.5) is 0 Å². The maximum absolute atomic E-state index is 11.6. The molecule has 1 aliphatic carbocycles. The number of hydrogen-bond donors (Lipinski definition) is 1. The Kier molecular flexibility index (Phi) is 5.42. The van der Waals surface area contributed by atoms with Crippen LogP contribution in [-0.4, -0.2) is 31.5 Å². The molecule has 1 fully saturated rings. The Labute approximate surface area is 116 Å². The van der Waals surface area contributed by atoms with E-state index >= 15 is 0 Å². The molecule has 0 aliphatic heterocycles. The van der Waals surface area contributed by atoms with E-state index in [0.717, 1.165) is 12.8 Å². The number of aliphatic carboxylic acids is 1. The summed E-state index contributed by atoms with van der Waals surface area (Å²) in [6.07, 6.45) is 5.42. The summed E-state index contributed by atoms with van der Waals surface area (Å²) in [7, 11) is -2.99. The Balaban J connectivity index is 2.60. The van der Waals surface area contributed by atoms with Crippen molar-refractivity contribution in [2.24, 2.45) is 17.3 Å². The molecule has 0 bridgehead atoms. The average Bonchev–Trinajstić information content (AvgIpc) is 2.27. The predicted octanol–water partition coefficient (Wildman–Crippen LogP) is 2.73.